The number of hydrogen-bond donors (Lipinski definition) is 2. The lowest BCUT2D eigenvalue weighted by molar-refractivity contribution is 0.102. The summed E-state index contributed by atoms with van der Waals surface area (Å²) in [6, 6.07) is 15.2. The molecule has 4 rings (SSSR count). The Bertz CT molecular complexity index is 1070. The van der Waals surface area contributed by atoms with E-state index in [1.54, 1.807) is 7.11 Å². The van der Waals surface area contributed by atoms with Gasteiger partial charge in [0.15, 0.2) is 5.82 Å². The topological polar surface area (TPSA) is 84.8 Å². The van der Waals surface area contributed by atoms with E-state index in [2.05, 4.69) is 25.1 Å². The molecule has 0 unspecified atom stereocenters. The van der Waals surface area contributed by atoms with Gasteiger partial charge in [0.05, 0.1) is 6.61 Å². The average molecular weight is 361 g/mol. The van der Waals surface area contributed by atoms with Gasteiger partial charge in [0, 0.05) is 47.6 Å². The normalized spacial score (nSPS) is 11.0. The molecule has 0 spiro atoms. The van der Waals surface area contributed by atoms with E-state index in [1.165, 1.54) is 6.33 Å². The van der Waals surface area contributed by atoms with Crippen molar-refractivity contribution in [2.24, 2.45) is 0 Å². The second-order valence-corrected chi connectivity index (χ2v) is 6.11. The molecule has 136 valence electrons. The van der Waals surface area contributed by atoms with E-state index in [1.807, 2.05) is 54.7 Å². The van der Waals surface area contributed by atoms with Gasteiger partial charge >= 0.3 is 0 Å². The molecule has 2 aromatic carbocycles. The summed E-state index contributed by atoms with van der Waals surface area (Å²) < 4.78 is 7.23. The molecule has 0 aliphatic carbocycles. The number of rotatable bonds is 6. The van der Waals surface area contributed by atoms with Crippen LogP contribution in [-0.2, 0) is 11.3 Å². The predicted octanol–water partition coefficient (Wildman–Crippen LogP) is 3.33. The molecule has 4 aromatic rings. The Hall–Kier alpha value is -3.45. The number of hydrogen-bond acceptors (Lipinski definition) is 4. The van der Waals surface area contributed by atoms with Crippen LogP contribution in [0.25, 0.3) is 22.3 Å². The summed E-state index contributed by atoms with van der Waals surface area (Å²) in [6.45, 7) is 1.36. The van der Waals surface area contributed by atoms with Gasteiger partial charge in [-0.25, -0.2) is 4.98 Å². The van der Waals surface area contributed by atoms with Crippen molar-refractivity contribution in [1.29, 1.82) is 0 Å². The number of fused-ring (bicyclic) bond motifs is 1. The first kappa shape index (κ1) is 17.0. The monoisotopic (exact) mass is 361 g/mol. The second-order valence-electron chi connectivity index (χ2n) is 6.11. The smallest absolute Gasteiger partial charge is 0.256 e. The zero-order chi connectivity index (χ0) is 18.6. The van der Waals surface area contributed by atoms with Crippen LogP contribution < -0.4 is 5.32 Å². The molecule has 7 nitrogen and oxygen atoms in total. The van der Waals surface area contributed by atoms with Gasteiger partial charge in [0.2, 0.25) is 0 Å². The summed E-state index contributed by atoms with van der Waals surface area (Å²) in [5, 5.41) is 10.6. The minimum atomic E-state index is -0.153. The molecule has 0 aliphatic rings. The lowest BCUT2D eigenvalue weighted by atomic mass is 10.1. The lowest BCUT2D eigenvalue weighted by Crippen LogP contribution is -2.12. The third-order valence-corrected chi connectivity index (χ3v) is 4.40. The third kappa shape index (κ3) is 3.45. The van der Waals surface area contributed by atoms with Gasteiger partial charge in [-0.15, -0.1) is 0 Å². The van der Waals surface area contributed by atoms with Crippen molar-refractivity contribution in [3.8, 4) is 11.4 Å². The maximum atomic E-state index is 12.9. The van der Waals surface area contributed by atoms with Crippen molar-refractivity contribution in [2.45, 2.75) is 6.54 Å². The molecule has 0 bridgehead atoms. The maximum absolute atomic E-state index is 12.9. The summed E-state index contributed by atoms with van der Waals surface area (Å²) >= 11 is 0. The summed E-state index contributed by atoms with van der Waals surface area (Å²) in [4.78, 5) is 17.0. The Kier molecular flexibility index (Phi) is 4.67. The number of carbonyl (C=O) groups is 1. The SMILES string of the molecule is COCCn1ccc2c(C(=O)Nc3cccc(-c4ncn[nH]4)c3)cccc21. The Morgan fingerprint density at radius 1 is 1.22 bits per heavy atom. The van der Waals surface area contributed by atoms with Crippen molar-refractivity contribution in [3.63, 3.8) is 0 Å². The van der Waals surface area contributed by atoms with E-state index in [9.17, 15) is 4.79 Å². The largest absolute Gasteiger partial charge is 0.383 e. The minimum absolute atomic E-state index is 0.153. The Balaban J connectivity index is 1.60. The summed E-state index contributed by atoms with van der Waals surface area (Å²) in [7, 11) is 1.68. The van der Waals surface area contributed by atoms with Crippen LogP contribution in [-0.4, -0.2) is 39.4 Å². The number of methoxy groups -OCH3 is 1. The molecule has 2 N–H and O–H groups in total. The first-order valence-electron chi connectivity index (χ1n) is 8.60. The van der Waals surface area contributed by atoms with Crippen molar-refractivity contribution in [1.82, 2.24) is 19.7 Å². The van der Waals surface area contributed by atoms with E-state index >= 15 is 0 Å². The van der Waals surface area contributed by atoms with E-state index in [0.717, 1.165) is 23.0 Å². The van der Waals surface area contributed by atoms with Gasteiger partial charge in [-0.05, 0) is 30.3 Å². The summed E-state index contributed by atoms with van der Waals surface area (Å²) in [5.41, 5.74) is 3.20. The molecular formula is C20H19N5O2. The first-order valence-corrected chi connectivity index (χ1v) is 8.60. The molecule has 0 fully saturated rings. The first-order chi connectivity index (χ1) is 13.3. The molecule has 1 amide bonds. The predicted molar refractivity (Wildman–Crippen MR) is 104 cm³/mol. The second kappa shape index (κ2) is 7.43. The fraction of sp³-hybridized carbons (Fsp3) is 0.150. The number of ether oxygens (including phenoxy) is 1. The number of aromatic nitrogens is 4. The van der Waals surface area contributed by atoms with E-state index < -0.39 is 0 Å². The van der Waals surface area contributed by atoms with Crippen LogP contribution in [0.1, 0.15) is 10.4 Å². The molecular weight excluding hydrogens is 342 g/mol. The number of amides is 1. The Morgan fingerprint density at radius 2 is 2.11 bits per heavy atom. The highest BCUT2D eigenvalue weighted by Crippen LogP contribution is 2.23. The number of nitrogens with zero attached hydrogens (tertiary/aromatic N) is 3. The summed E-state index contributed by atoms with van der Waals surface area (Å²) in [6.07, 6.45) is 3.43. The third-order valence-electron chi connectivity index (χ3n) is 4.40. The fourth-order valence-electron chi connectivity index (χ4n) is 3.09. The molecule has 7 heteroatoms. The standard InChI is InChI=1S/C20H19N5O2/c1-27-11-10-25-9-8-16-17(6-3-7-18(16)25)20(26)23-15-5-2-4-14(12-15)19-21-13-22-24-19/h2-9,12-13H,10-11H2,1H3,(H,23,26)(H,21,22,24). The highest BCUT2D eigenvalue weighted by Gasteiger charge is 2.13. The number of nitrogens with one attached hydrogen (secondary N) is 2. The quantitative estimate of drug-likeness (QED) is 0.552. The van der Waals surface area contributed by atoms with E-state index in [4.69, 9.17) is 4.74 Å². The van der Waals surface area contributed by atoms with Gasteiger partial charge in [-0.1, -0.05) is 18.2 Å². The van der Waals surface area contributed by atoms with E-state index in [0.29, 0.717) is 23.7 Å². The molecule has 0 radical (unpaired) electrons. The van der Waals surface area contributed by atoms with E-state index in [-0.39, 0.29) is 5.91 Å². The van der Waals surface area contributed by atoms with Gasteiger partial charge in [-0.3, -0.25) is 9.89 Å². The van der Waals surface area contributed by atoms with Crippen molar-refractivity contribution < 1.29 is 9.53 Å². The van der Waals surface area contributed by atoms with Crippen molar-refractivity contribution in [2.75, 3.05) is 19.0 Å². The number of carbonyl (C=O) groups excluding carboxylic acids is 1. The van der Waals surface area contributed by atoms with Crippen LogP contribution in [0.3, 0.4) is 0 Å². The molecule has 2 heterocycles. The molecule has 27 heavy (non-hydrogen) atoms. The fourth-order valence-corrected chi connectivity index (χ4v) is 3.09. The number of H-pyrrole nitrogens is 1. The van der Waals surface area contributed by atoms with Crippen molar-refractivity contribution >= 4 is 22.5 Å². The van der Waals surface area contributed by atoms with Crippen LogP contribution in [0.15, 0.2) is 61.1 Å². The Labute approximate surface area is 156 Å². The highest BCUT2D eigenvalue weighted by atomic mass is 16.5. The molecule has 0 atom stereocenters. The zero-order valence-corrected chi connectivity index (χ0v) is 14.8. The van der Waals surface area contributed by atoms with Crippen LogP contribution >= 0.6 is 0 Å². The van der Waals surface area contributed by atoms with Gasteiger partial charge < -0.3 is 14.6 Å². The summed E-state index contributed by atoms with van der Waals surface area (Å²) in [5.74, 6) is 0.503. The molecule has 0 aliphatic heterocycles. The number of benzene rings is 2. The lowest BCUT2D eigenvalue weighted by Gasteiger charge is -2.09. The van der Waals surface area contributed by atoms with Gasteiger partial charge in [0.25, 0.3) is 5.91 Å². The minimum Gasteiger partial charge on any atom is -0.383 e. The van der Waals surface area contributed by atoms with Crippen LogP contribution in [0.5, 0.6) is 0 Å². The number of anilines is 1. The molecule has 0 saturated carbocycles. The number of aromatic amines is 1. The van der Waals surface area contributed by atoms with Gasteiger partial charge in [-0.2, -0.15) is 5.10 Å². The molecule has 2 aromatic heterocycles. The van der Waals surface area contributed by atoms with Gasteiger partial charge in [0.1, 0.15) is 6.33 Å². The highest BCUT2D eigenvalue weighted by molar-refractivity contribution is 6.12. The van der Waals surface area contributed by atoms with Crippen molar-refractivity contribution in [3.05, 3.63) is 66.6 Å². The molecule has 0 saturated heterocycles. The van der Waals surface area contributed by atoms with Crippen LogP contribution in [0.2, 0.25) is 0 Å². The maximum Gasteiger partial charge on any atom is 0.256 e. The van der Waals surface area contributed by atoms with Crippen LogP contribution in [0, 0.1) is 0 Å². The Morgan fingerprint density at radius 3 is 2.93 bits per heavy atom. The average Bonchev–Trinajstić information content (AvgIpc) is 3.36. The van der Waals surface area contributed by atoms with Crippen LogP contribution in [0.4, 0.5) is 5.69 Å². The zero-order valence-electron chi connectivity index (χ0n) is 14.8.